The standard InChI is InChI=1S/C12H8N2O3/c15-12(16)11-14-10(6-17-11)9-5-7-3-1-2-4-8(7)13-9/h1-6,13H,(H,15,16). The Morgan fingerprint density at radius 1 is 1.35 bits per heavy atom. The van der Waals surface area contributed by atoms with E-state index in [0.29, 0.717) is 5.69 Å². The van der Waals surface area contributed by atoms with Gasteiger partial charge in [-0.1, -0.05) is 18.2 Å². The van der Waals surface area contributed by atoms with E-state index in [0.717, 1.165) is 16.6 Å². The molecule has 3 aromatic rings. The number of fused-ring (bicyclic) bond motifs is 1. The lowest BCUT2D eigenvalue weighted by molar-refractivity contribution is 0.0653. The molecule has 2 N–H and O–H groups in total. The highest BCUT2D eigenvalue weighted by molar-refractivity contribution is 5.86. The fourth-order valence-electron chi connectivity index (χ4n) is 1.71. The summed E-state index contributed by atoms with van der Waals surface area (Å²) in [6, 6.07) is 9.67. The van der Waals surface area contributed by atoms with Crippen LogP contribution in [0.1, 0.15) is 10.7 Å². The Labute approximate surface area is 95.7 Å². The number of carboxylic acid groups (broad SMARTS) is 1. The zero-order valence-electron chi connectivity index (χ0n) is 8.68. The second-order valence-electron chi connectivity index (χ2n) is 3.61. The maximum Gasteiger partial charge on any atom is 0.392 e. The summed E-state index contributed by atoms with van der Waals surface area (Å²) < 4.78 is 4.85. The summed E-state index contributed by atoms with van der Waals surface area (Å²) in [7, 11) is 0. The smallest absolute Gasteiger partial charge is 0.392 e. The minimum absolute atomic E-state index is 0.307. The minimum Gasteiger partial charge on any atom is -0.474 e. The van der Waals surface area contributed by atoms with Gasteiger partial charge in [-0.15, -0.1) is 0 Å². The molecule has 0 saturated heterocycles. The number of aromatic nitrogens is 2. The molecule has 0 fully saturated rings. The minimum atomic E-state index is -1.17. The maximum absolute atomic E-state index is 10.7. The Bertz CT molecular complexity index is 663. The Hall–Kier alpha value is -2.56. The van der Waals surface area contributed by atoms with Gasteiger partial charge in [0.2, 0.25) is 0 Å². The Morgan fingerprint density at radius 3 is 2.88 bits per heavy atom. The highest BCUT2D eigenvalue weighted by Gasteiger charge is 2.13. The summed E-state index contributed by atoms with van der Waals surface area (Å²) in [6.45, 7) is 0. The molecule has 0 spiro atoms. The molecule has 0 unspecified atom stereocenters. The summed E-state index contributed by atoms with van der Waals surface area (Å²) in [6.07, 6.45) is 1.33. The SMILES string of the molecule is O=C(O)c1nc(-c2cc3ccccc3[nH]2)co1. The quantitative estimate of drug-likeness (QED) is 0.706. The van der Waals surface area contributed by atoms with Crippen molar-refractivity contribution in [3.8, 4) is 11.4 Å². The summed E-state index contributed by atoms with van der Waals surface area (Å²) in [5, 5.41) is 9.76. The lowest BCUT2D eigenvalue weighted by Crippen LogP contribution is -1.95. The molecule has 0 aliphatic rings. The van der Waals surface area contributed by atoms with Crippen LogP contribution in [0.4, 0.5) is 0 Å². The van der Waals surface area contributed by atoms with Crippen molar-refractivity contribution in [1.29, 1.82) is 0 Å². The van der Waals surface area contributed by atoms with Gasteiger partial charge < -0.3 is 14.5 Å². The second-order valence-corrected chi connectivity index (χ2v) is 3.61. The molecular formula is C12H8N2O3. The van der Waals surface area contributed by atoms with E-state index in [1.165, 1.54) is 6.26 Å². The van der Waals surface area contributed by atoms with Crippen LogP contribution in [0.3, 0.4) is 0 Å². The number of rotatable bonds is 2. The van der Waals surface area contributed by atoms with Crippen molar-refractivity contribution in [2.24, 2.45) is 0 Å². The van der Waals surface area contributed by atoms with Crippen LogP contribution < -0.4 is 0 Å². The molecule has 0 aliphatic carbocycles. The number of aromatic carboxylic acids is 1. The lowest BCUT2D eigenvalue weighted by atomic mass is 10.2. The molecule has 0 amide bonds. The number of aromatic amines is 1. The fourth-order valence-corrected chi connectivity index (χ4v) is 1.71. The summed E-state index contributed by atoms with van der Waals surface area (Å²) in [4.78, 5) is 17.7. The van der Waals surface area contributed by atoms with E-state index in [1.807, 2.05) is 30.3 Å². The fraction of sp³-hybridized carbons (Fsp3) is 0. The van der Waals surface area contributed by atoms with Crippen LogP contribution in [0.25, 0.3) is 22.3 Å². The van der Waals surface area contributed by atoms with Crippen molar-refractivity contribution in [3.63, 3.8) is 0 Å². The first kappa shape index (κ1) is 9.65. The zero-order chi connectivity index (χ0) is 11.8. The molecule has 17 heavy (non-hydrogen) atoms. The first-order chi connectivity index (χ1) is 8.24. The molecule has 0 bridgehead atoms. The van der Waals surface area contributed by atoms with Crippen LogP contribution in [0.2, 0.25) is 0 Å². The molecule has 2 heterocycles. The highest BCUT2D eigenvalue weighted by atomic mass is 16.4. The van der Waals surface area contributed by atoms with Crippen LogP contribution in [0, 0.1) is 0 Å². The zero-order valence-corrected chi connectivity index (χ0v) is 8.68. The van der Waals surface area contributed by atoms with E-state index >= 15 is 0 Å². The van der Waals surface area contributed by atoms with Crippen molar-refractivity contribution in [2.75, 3.05) is 0 Å². The topological polar surface area (TPSA) is 79.1 Å². The Balaban J connectivity index is 2.10. The monoisotopic (exact) mass is 228 g/mol. The molecule has 3 rings (SSSR count). The third-order valence-electron chi connectivity index (χ3n) is 2.49. The number of hydrogen-bond acceptors (Lipinski definition) is 3. The van der Waals surface area contributed by atoms with Crippen molar-refractivity contribution in [2.45, 2.75) is 0 Å². The van der Waals surface area contributed by atoms with E-state index in [2.05, 4.69) is 9.97 Å². The van der Waals surface area contributed by atoms with Crippen LogP contribution in [-0.2, 0) is 0 Å². The summed E-state index contributed by atoms with van der Waals surface area (Å²) >= 11 is 0. The number of para-hydroxylation sites is 1. The van der Waals surface area contributed by atoms with Gasteiger partial charge >= 0.3 is 11.9 Å². The van der Waals surface area contributed by atoms with E-state index in [1.54, 1.807) is 0 Å². The van der Waals surface area contributed by atoms with Crippen LogP contribution in [0.15, 0.2) is 41.0 Å². The van der Waals surface area contributed by atoms with E-state index in [4.69, 9.17) is 9.52 Å². The normalized spacial score (nSPS) is 10.8. The van der Waals surface area contributed by atoms with Gasteiger partial charge in [0.25, 0.3) is 0 Å². The van der Waals surface area contributed by atoms with Gasteiger partial charge in [0.15, 0.2) is 0 Å². The Kier molecular flexibility index (Phi) is 1.98. The number of hydrogen-bond donors (Lipinski definition) is 2. The maximum atomic E-state index is 10.7. The van der Waals surface area contributed by atoms with Crippen LogP contribution in [-0.4, -0.2) is 21.0 Å². The van der Waals surface area contributed by atoms with Crippen molar-refractivity contribution in [1.82, 2.24) is 9.97 Å². The molecule has 5 heteroatoms. The van der Waals surface area contributed by atoms with Crippen LogP contribution in [0.5, 0.6) is 0 Å². The number of carboxylic acids is 1. The van der Waals surface area contributed by atoms with Crippen molar-refractivity contribution in [3.05, 3.63) is 42.5 Å². The third kappa shape index (κ3) is 1.57. The molecule has 0 aliphatic heterocycles. The summed E-state index contributed by atoms with van der Waals surface area (Å²) in [5.74, 6) is -1.48. The molecule has 0 radical (unpaired) electrons. The van der Waals surface area contributed by atoms with Gasteiger partial charge in [-0.3, -0.25) is 0 Å². The molecular weight excluding hydrogens is 220 g/mol. The summed E-state index contributed by atoms with van der Waals surface area (Å²) in [5.41, 5.74) is 2.20. The molecule has 0 atom stereocenters. The number of carbonyl (C=O) groups is 1. The van der Waals surface area contributed by atoms with Gasteiger partial charge in [-0.05, 0) is 12.1 Å². The molecule has 0 saturated carbocycles. The molecule has 2 aromatic heterocycles. The van der Waals surface area contributed by atoms with Crippen molar-refractivity contribution < 1.29 is 14.3 Å². The Morgan fingerprint density at radius 2 is 2.18 bits per heavy atom. The lowest BCUT2D eigenvalue weighted by Gasteiger charge is -1.86. The van der Waals surface area contributed by atoms with E-state index in [9.17, 15) is 4.79 Å². The van der Waals surface area contributed by atoms with Gasteiger partial charge in [0.05, 0.1) is 5.69 Å². The predicted molar refractivity (Wildman–Crippen MR) is 60.8 cm³/mol. The number of nitrogens with one attached hydrogen (secondary N) is 1. The number of oxazole rings is 1. The van der Waals surface area contributed by atoms with Gasteiger partial charge in [-0.2, -0.15) is 0 Å². The van der Waals surface area contributed by atoms with Crippen LogP contribution >= 0.6 is 0 Å². The van der Waals surface area contributed by atoms with Crippen molar-refractivity contribution >= 4 is 16.9 Å². The largest absolute Gasteiger partial charge is 0.474 e. The molecule has 84 valence electrons. The van der Waals surface area contributed by atoms with E-state index < -0.39 is 5.97 Å². The first-order valence-corrected chi connectivity index (χ1v) is 5.01. The second kappa shape index (κ2) is 3.48. The highest BCUT2D eigenvalue weighted by Crippen LogP contribution is 2.23. The van der Waals surface area contributed by atoms with E-state index in [-0.39, 0.29) is 5.89 Å². The predicted octanol–water partition coefficient (Wildman–Crippen LogP) is 2.52. The first-order valence-electron chi connectivity index (χ1n) is 5.01. The molecule has 5 nitrogen and oxygen atoms in total. The van der Waals surface area contributed by atoms with Gasteiger partial charge in [0, 0.05) is 10.9 Å². The average molecular weight is 228 g/mol. The number of benzene rings is 1. The van der Waals surface area contributed by atoms with Gasteiger partial charge in [-0.25, -0.2) is 9.78 Å². The molecule has 1 aromatic carbocycles. The average Bonchev–Trinajstić information content (AvgIpc) is 2.95. The number of nitrogens with zero attached hydrogens (tertiary/aromatic N) is 1. The van der Waals surface area contributed by atoms with Gasteiger partial charge in [0.1, 0.15) is 12.0 Å². The third-order valence-corrected chi connectivity index (χ3v) is 2.49. The number of H-pyrrole nitrogens is 1.